The summed E-state index contributed by atoms with van der Waals surface area (Å²) in [6.45, 7) is 0. The lowest BCUT2D eigenvalue weighted by molar-refractivity contribution is -0.161. The number of carbonyl (C=O) groups excluding carboxylic acids is 1. The Hall–Kier alpha value is -2.67. The van der Waals surface area contributed by atoms with Crippen molar-refractivity contribution in [1.29, 1.82) is 0 Å². The molecule has 0 amide bonds. The average Bonchev–Trinajstić information content (AvgIpc) is 3.39. The van der Waals surface area contributed by atoms with E-state index in [4.69, 9.17) is 14.2 Å². The molecule has 1 spiro atoms. The summed E-state index contributed by atoms with van der Waals surface area (Å²) in [6.07, 6.45) is 3.19. The van der Waals surface area contributed by atoms with Gasteiger partial charge in [-0.2, -0.15) is 0 Å². The summed E-state index contributed by atoms with van der Waals surface area (Å²) in [4.78, 5) is 12.6. The maximum Gasteiger partial charge on any atom is 0.307 e. The Labute approximate surface area is 147 Å². The van der Waals surface area contributed by atoms with Gasteiger partial charge in [-0.1, -0.05) is 36.4 Å². The van der Waals surface area contributed by atoms with Gasteiger partial charge in [0.2, 0.25) is 11.2 Å². The maximum atomic E-state index is 12.6. The maximum absolute atomic E-state index is 12.6. The van der Waals surface area contributed by atoms with Gasteiger partial charge in [-0.15, -0.1) is 0 Å². The third kappa shape index (κ3) is 1.30. The van der Waals surface area contributed by atoms with Gasteiger partial charge in [0.25, 0.3) is 0 Å². The lowest BCUT2D eigenvalue weighted by Gasteiger charge is -2.45. The van der Waals surface area contributed by atoms with Crippen LogP contribution in [0.3, 0.4) is 0 Å². The molecular formula is C20H14O6. The number of ketones is 1. The minimum atomic E-state index is -1.60. The normalized spacial score (nSPS) is 37.7. The highest BCUT2D eigenvalue weighted by Crippen LogP contribution is 2.66. The fraction of sp³-hybridized carbons (Fsp3) is 0.250. The molecule has 26 heavy (non-hydrogen) atoms. The van der Waals surface area contributed by atoms with Crippen molar-refractivity contribution in [3.8, 4) is 11.5 Å². The van der Waals surface area contributed by atoms with Crippen molar-refractivity contribution in [1.82, 2.24) is 0 Å². The van der Waals surface area contributed by atoms with E-state index < -0.39 is 35.0 Å². The van der Waals surface area contributed by atoms with E-state index in [1.165, 1.54) is 24.3 Å². The zero-order valence-electron chi connectivity index (χ0n) is 13.5. The summed E-state index contributed by atoms with van der Waals surface area (Å²) < 4.78 is 18.3. The lowest BCUT2D eigenvalue weighted by Crippen LogP contribution is -2.68. The summed E-state index contributed by atoms with van der Waals surface area (Å²) in [6, 6.07) is 11.2. The van der Waals surface area contributed by atoms with Crippen LogP contribution in [0.2, 0.25) is 0 Å². The highest BCUT2D eigenvalue weighted by Gasteiger charge is 2.91. The van der Waals surface area contributed by atoms with E-state index in [-0.39, 0.29) is 0 Å². The van der Waals surface area contributed by atoms with Crippen molar-refractivity contribution >= 4 is 16.6 Å². The number of hydrogen-bond donors (Lipinski definition) is 2. The Bertz CT molecular complexity index is 1010. The lowest BCUT2D eigenvalue weighted by atomic mass is 9.69. The zero-order valence-corrected chi connectivity index (χ0v) is 13.5. The van der Waals surface area contributed by atoms with E-state index >= 15 is 0 Å². The zero-order chi connectivity index (χ0) is 17.7. The predicted octanol–water partition coefficient (Wildman–Crippen LogP) is 1.25. The molecule has 2 aliphatic carbocycles. The molecule has 4 atom stereocenters. The summed E-state index contributed by atoms with van der Waals surface area (Å²) in [5, 5.41) is 23.0. The monoisotopic (exact) mass is 350 g/mol. The first kappa shape index (κ1) is 14.5. The number of rotatable bonds is 0. The van der Waals surface area contributed by atoms with Crippen LogP contribution >= 0.6 is 0 Å². The van der Waals surface area contributed by atoms with Crippen molar-refractivity contribution in [3.63, 3.8) is 0 Å². The van der Waals surface area contributed by atoms with Crippen molar-refractivity contribution in [2.24, 2.45) is 0 Å². The van der Waals surface area contributed by atoms with Crippen LogP contribution in [0.4, 0.5) is 0 Å². The molecule has 2 heterocycles. The standard InChI is InChI=1S/C20H14O6/c21-14-7-8-16(23)20-18(10-9-15(22)19(14,20)26-20)24-12-5-1-3-11-4-2-6-13(25-18)17(11)12/h1-10,14,16,21,23H/t14-,16-,19+,20-/m0/s1. The number of aliphatic hydroxyl groups is 2. The molecule has 1 saturated heterocycles. The molecule has 1 fully saturated rings. The summed E-state index contributed by atoms with van der Waals surface area (Å²) in [5.74, 6) is -0.839. The molecule has 6 nitrogen and oxygen atoms in total. The van der Waals surface area contributed by atoms with Gasteiger partial charge in [-0.05, 0) is 23.6 Å². The number of benzene rings is 2. The first-order chi connectivity index (χ1) is 12.5. The summed E-state index contributed by atoms with van der Waals surface area (Å²) in [5.41, 5.74) is -3.15. The van der Waals surface area contributed by atoms with Gasteiger partial charge in [0.15, 0.2) is 5.78 Å². The van der Waals surface area contributed by atoms with Crippen molar-refractivity contribution < 1.29 is 29.2 Å². The van der Waals surface area contributed by atoms with Crippen molar-refractivity contribution in [3.05, 3.63) is 60.7 Å². The van der Waals surface area contributed by atoms with Crippen LogP contribution in [-0.4, -0.2) is 45.2 Å². The molecule has 2 N–H and O–H groups in total. The minimum Gasteiger partial charge on any atom is -0.445 e. The topological polar surface area (TPSA) is 88.5 Å². The highest BCUT2D eigenvalue weighted by atomic mass is 16.8. The molecule has 6 heteroatoms. The van der Waals surface area contributed by atoms with Crippen LogP contribution in [0.15, 0.2) is 60.7 Å². The highest BCUT2D eigenvalue weighted by molar-refractivity contribution is 6.04. The molecule has 0 unspecified atom stereocenters. The average molecular weight is 350 g/mol. The quantitative estimate of drug-likeness (QED) is 0.549. The Kier molecular flexibility index (Phi) is 2.33. The van der Waals surface area contributed by atoms with Crippen LogP contribution in [0.1, 0.15) is 0 Å². The molecule has 130 valence electrons. The number of ether oxygens (including phenoxy) is 3. The van der Waals surface area contributed by atoms with Crippen molar-refractivity contribution in [2.45, 2.75) is 29.2 Å². The second kappa shape index (κ2) is 4.17. The Morgan fingerprint density at radius 2 is 1.58 bits per heavy atom. The van der Waals surface area contributed by atoms with Crippen LogP contribution < -0.4 is 9.47 Å². The molecule has 2 aliphatic heterocycles. The van der Waals surface area contributed by atoms with Crippen LogP contribution in [-0.2, 0) is 9.53 Å². The van der Waals surface area contributed by atoms with E-state index in [9.17, 15) is 15.0 Å². The molecule has 0 radical (unpaired) electrons. The summed E-state index contributed by atoms with van der Waals surface area (Å²) >= 11 is 0. The van der Waals surface area contributed by atoms with Gasteiger partial charge >= 0.3 is 5.79 Å². The van der Waals surface area contributed by atoms with Gasteiger partial charge < -0.3 is 24.4 Å². The van der Waals surface area contributed by atoms with E-state index in [1.807, 2.05) is 36.4 Å². The molecule has 0 bridgehead atoms. The van der Waals surface area contributed by atoms with Gasteiger partial charge in [-0.3, -0.25) is 4.79 Å². The first-order valence-corrected chi connectivity index (χ1v) is 8.42. The molecule has 2 aromatic carbocycles. The SMILES string of the molecule is O=C1C=CC2(Oc3cccc4cccc(c34)O2)[C@]23O[C@]12[C@@H](O)C=C[C@@H]3O. The van der Waals surface area contributed by atoms with Gasteiger partial charge in [0.1, 0.15) is 23.7 Å². The van der Waals surface area contributed by atoms with Gasteiger partial charge in [0, 0.05) is 6.08 Å². The van der Waals surface area contributed by atoms with Gasteiger partial charge in [0.05, 0.1) is 5.39 Å². The van der Waals surface area contributed by atoms with Gasteiger partial charge in [-0.25, -0.2) is 0 Å². The van der Waals surface area contributed by atoms with E-state index in [2.05, 4.69) is 0 Å². The number of hydrogen-bond acceptors (Lipinski definition) is 6. The van der Waals surface area contributed by atoms with Crippen LogP contribution in [0.5, 0.6) is 11.5 Å². The molecule has 6 rings (SSSR count). The molecule has 2 aromatic rings. The summed E-state index contributed by atoms with van der Waals surface area (Å²) in [7, 11) is 0. The largest absolute Gasteiger partial charge is 0.445 e. The molecule has 4 aliphatic rings. The number of epoxide rings is 1. The second-order valence-electron chi connectivity index (χ2n) is 7.03. The third-order valence-corrected chi connectivity index (χ3v) is 5.83. The minimum absolute atomic E-state index is 0.414. The van der Waals surface area contributed by atoms with Crippen molar-refractivity contribution in [2.75, 3.05) is 0 Å². The molecular weight excluding hydrogens is 336 g/mol. The molecule has 0 saturated carbocycles. The smallest absolute Gasteiger partial charge is 0.307 e. The Morgan fingerprint density at radius 1 is 0.923 bits per heavy atom. The fourth-order valence-corrected chi connectivity index (χ4v) is 4.63. The van der Waals surface area contributed by atoms with Crippen LogP contribution in [0.25, 0.3) is 10.8 Å². The predicted molar refractivity (Wildman–Crippen MR) is 89.8 cm³/mol. The number of carbonyl (C=O) groups is 1. The second-order valence-corrected chi connectivity index (χ2v) is 7.03. The Balaban J connectivity index is 1.61. The first-order valence-electron chi connectivity index (χ1n) is 8.42. The molecule has 0 aromatic heterocycles. The van der Waals surface area contributed by atoms with Crippen LogP contribution in [0, 0.1) is 0 Å². The Morgan fingerprint density at radius 3 is 2.27 bits per heavy atom. The fourth-order valence-electron chi connectivity index (χ4n) is 4.63. The van der Waals surface area contributed by atoms with E-state index in [0.717, 1.165) is 10.8 Å². The van der Waals surface area contributed by atoms with E-state index in [1.54, 1.807) is 0 Å². The van der Waals surface area contributed by atoms with E-state index in [0.29, 0.717) is 11.5 Å². The number of aliphatic hydroxyl groups excluding tert-OH is 2. The third-order valence-electron chi connectivity index (χ3n) is 5.83.